The molecule has 0 unspecified atom stereocenters. The number of aromatic amines is 1. The fourth-order valence-corrected chi connectivity index (χ4v) is 3.54. The minimum atomic E-state index is -0.964. The minimum Gasteiger partial charge on any atom is -0.491 e. The van der Waals surface area contributed by atoms with Crippen LogP contribution in [-0.2, 0) is 13.6 Å². The van der Waals surface area contributed by atoms with Gasteiger partial charge in [-0.3, -0.25) is 14.3 Å². The summed E-state index contributed by atoms with van der Waals surface area (Å²) in [7, 11) is 1.51. The van der Waals surface area contributed by atoms with Gasteiger partial charge >= 0.3 is 5.69 Å². The Morgan fingerprint density at radius 3 is 2.62 bits per heavy atom. The first-order valence-electron chi connectivity index (χ1n) is 10.8. The van der Waals surface area contributed by atoms with Crippen LogP contribution in [0.25, 0.3) is 11.2 Å². The Hall–Kier alpha value is -4.18. The van der Waals surface area contributed by atoms with Crippen LogP contribution in [0.1, 0.15) is 18.1 Å². The summed E-state index contributed by atoms with van der Waals surface area (Å²) in [5.41, 5.74) is 4.58. The lowest BCUT2D eigenvalue weighted by molar-refractivity contribution is 0.0935. The molecular formula is C24H26N6O4. The molecule has 4 aromatic rings. The van der Waals surface area contributed by atoms with Gasteiger partial charge in [-0.25, -0.2) is 10.2 Å². The molecule has 176 valence electrons. The van der Waals surface area contributed by atoms with E-state index in [4.69, 9.17) is 4.74 Å². The lowest BCUT2D eigenvalue weighted by Crippen LogP contribution is -2.30. The molecule has 10 nitrogen and oxygen atoms in total. The lowest BCUT2D eigenvalue weighted by Gasteiger charge is -2.16. The molecular weight excluding hydrogens is 436 g/mol. The third-order valence-corrected chi connectivity index (χ3v) is 5.44. The number of hydrogen-bond donors (Lipinski definition) is 3. The Morgan fingerprint density at radius 1 is 1.18 bits per heavy atom. The molecule has 0 fully saturated rings. The number of aryl methyl sites for hydroxylation is 2. The molecule has 4 rings (SSSR count). The minimum absolute atomic E-state index is 0.0000530. The van der Waals surface area contributed by atoms with Gasteiger partial charge in [0.15, 0.2) is 11.2 Å². The molecule has 0 saturated heterocycles. The number of aliphatic hydroxyl groups excluding tert-OH is 1. The molecule has 0 spiro atoms. The van der Waals surface area contributed by atoms with Crippen LogP contribution < -0.4 is 21.4 Å². The number of aliphatic hydroxyl groups is 1. The number of rotatable bonds is 8. The van der Waals surface area contributed by atoms with E-state index in [0.29, 0.717) is 11.5 Å². The number of fused-ring (bicyclic) bond motifs is 1. The van der Waals surface area contributed by atoms with Crippen LogP contribution in [0, 0.1) is 6.92 Å². The van der Waals surface area contributed by atoms with E-state index in [-0.39, 0.29) is 30.3 Å². The Balaban J connectivity index is 1.66. The Morgan fingerprint density at radius 2 is 1.88 bits per heavy atom. The van der Waals surface area contributed by atoms with Crippen molar-refractivity contribution in [3.63, 3.8) is 0 Å². The number of para-hydroxylation sites is 1. The zero-order chi connectivity index (χ0) is 24.2. The molecule has 2 aromatic heterocycles. The van der Waals surface area contributed by atoms with Crippen molar-refractivity contribution in [1.82, 2.24) is 19.1 Å². The van der Waals surface area contributed by atoms with Crippen molar-refractivity contribution in [2.75, 3.05) is 12.0 Å². The van der Waals surface area contributed by atoms with Crippen LogP contribution >= 0.6 is 0 Å². The molecule has 0 aliphatic carbocycles. The Kier molecular flexibility index (Phi) is 6.60. The SMILES string of the molecule is C/C(=N\Nc1nc2c(c(=O)[nH]c(=O)n2C)n1C[C@@H](O)COc1ccccc1C)c1ccccc1. The van der Waals surface area contributed by atoms with Crippen molar-refractivity contribution in [3.8, 4) is 5.75 Å². The first kappa shape index (κ1) is 23.0. The monoisotopic (exact) mass is 462 g/mol. The van der Waals surface area contributed by atoms with Crippen LogP contribution in [0.4, 0.5) is 5.95 Å². The first-order chi connectivity index (χ1) is 16.3. The molecule has 0 aliphatic rings. The van der Waals surface area contributed by atoms with E-state index in [0.717, 1.165) is 11.1 Å². The molecule has 2 heterocycles. The highest BCUT2D eigenvalue weighted by atomic mass is 16.5. The lowest BCUT2D eigenvalue weighted by atomic mass is 10.1. The largest absolute Gasteiger partial charge is 0.491 e. The van der Waals surface area contributed by atoms with Gasteiger partial charge in [-0.05, 0) is 31.0 Å². The van der Waals surface area contributed by atoms with E-state index < -0.39 is 17.4 Å². The van der Waals surface area contributed by atoms with Crippen molar-refractivity contribution in [1.29, 1.82) is 0 Å². The zero-order valence-electron chi connectivity index (χ0n) is 19.1. The summed E-state index contributed by atoms with van der Waals surface area (Å²) in [5, 5.41) is 15.1. The van der Waals surface area contributed by atoms with Gasteiger partial charge < -0.3 is 14.4 Å². The predicted molar refractivity (Wildman–Crippen MR) is 131 cm³/mol. The van der Waals surface area contributed by atoms with Crippen molar-refractivity contribution in [2.24, 2.45) is 12.1 Å². The maximum Gasteiger partial charge on any atom is 0.329 e. The highest BCUT2D eigenvalue weighted by Gasteiger charge is 2.20. The van der Waals surface area contributed by atoms with E-state index in [1.165, 1.54) is 16.2 Å². The Labute approximate surface area is 195 Å². The van der Waals surface area contributed by atoms with Gasteiger partial charge in [-0.1, -0.05) is 48.5 Å². The molecule has 0 radical (unpaired) electrons. The second-order valence-corrected chi connectivity index (χ2v) is 7.94. The number of hydrazone groups is 1. The standard InChI is InChI=1S/C24H26N6O4/c1-15-9-7-8-12-19(15)34-14-18(31)13-30-20-21(29(3)24(33)26-22(20)32)25-23(30)28-27-16(2)17-10-5-4-6-11-17/h4-12,18,31H,13-14H2,1-3H3,(H,25,28)(H,26,32,33)/b27-16+/t18-/m1/s1. The van der Waals surface area contributed by atoms with E-state index in [1.807, 2.05) is 68.4 Å². The zero-order valence-corrected chi connectivity index (χ0v) is 19.1. The molecule has 0 amide bonds. The fraction of sp³-hybridized carbons (Fsp3) is 0.250. The third-order valence-electron chi connectivity index (χ3n) is 5.44. The summed E-state index contributed by atoms with van der Waals surface area (Å²) >= 11 is 0. The highest BCUT2D eigenvalue weighted by Crippen LogP contribution is 2.19. The number of nitrogens with zero attached hydrogens (tertiary/aromatic N) is 4. The van der Waals surface area contributed by atoms with Crippen LogP contribution in [0.3, 0.4) is 0 Å². The second kappa shape index (κ2) is 9.75. The van der Waals surface area contributed by atoms with E-state index >= 15 is 0 Å². The van der Waals surface area contributed by atoms with E-state index in [1.54, 1.807) is 0 Å². The molecule has 0 saturated carbocycles. The van der Waals surface area contributed by atoms with E-state index in [2.05, 4.69) is 20.5 Å². The highest BCUT2D eigenvalue weighted by molar-refractivity contribution is 5.99. The summed E-state index contributed by atoms with van der Waals surface area (Å²) in [6.45, 7) is 3.74. The number of nitrogens with one attached hydrogen (secondary N) is 2. The predicted octanol–water partition coefficient (Wildman–Crippen LogP) is 2.01. The number of imidazole rings is 1. The molecule has 2 aromatic carbocycles. The Bertz CT molecular complexity index is 1450. The van der Waals surface area contributed by atoms with Crippen molar-refractivity contribution in [2.45, 2.75) is 26.5 Å². The van der Waals surface area contributed by atoms with Gasteiger partial charge in [0.25, 0.3) is 5.56 Å². The van der Waals surface area contributed by atoms with Crippen LogP contribution in [-0.4, -0.2) is 42.6 Å². The third kappa shape index (κ3) is 4.76. The molecule has 34 heavy (non-hydrogen) atoms. The van der Waals surface area contributed by atoms with Gasteiger partial charge in [0.1, 0.15) is 18.5 Å². The maximum atomic E-state index is 12.6. The van der Waals surface area contributed by atoms with Crippen molar-refractivity contribution in [3.05, 3.63) is 86.6 Å². The number of H-pyrrole nitrogens is 1. The molecule has 0 bridgehead atoms. The summed E-state index contributed by atoms with van der Waals surface area (Å²) < 4.78 is 8.50. The van der Waals surface area contributed by atoms with Gasteiger partial charge in [0, 0.05) is 7.05 Å². The molecule has 1 atom stereocenters. The summed E-state index contributed by atoms with van der Waals surface area (Å²) in [4.78, 5) is 31.4. The average molecular weight is 463 g/mol. The van der Waals surface area contributed by atoms with Crippen LogP contribution in [0.15, 0.2) is 69.3 Å². The molecule has 10 heteroatoms. The quantitative estimate of drug-likeness (QED) is 0.272. The fourth-order valence-electron chi connectivity index (χ4n) is 3.54. The number of hydrogen-bond acceptors (Lipinski definition) is 7. The first-order valence-corrected chi connectivity index (χ1v) is 10.8. The van der Waals surface area contributed by atoms with Crippen LogP contribution in [0.5, 0.6) is 5.75 Å². The number of aromatic nitrogens is 4. The van der Waals surface area contributed by atoms with Gasteiger partial charge in [-0.15, -0.1) is 0 Å². The van der Waals surface area contributed by atoms with Gasteiger partial charge in [0.05, 0.1) is 12.3 Å². The van der Waals surface area contributed by atoms with Gasteiger partial charge in [0.2, 0.25) is 5.95 Å². The summed E-state index contributed by atoms with van der Waals surface area (Å²) in [6, 6.07) is 17.1. The van der Waals surface area contributed by atoms with Gasteiger partial charge in [-0.2, -0.15) is 10.1 Å². The number of ether oxygens (including phenoxy) is 1. The van der Waals surface area contributed by atoms with Crippen molar-refractivity contribution < 1.29 is 9.84 Å². The summed E-state index contributed by atoms with van der Waals surface area (Å²) in [6.07, 6.45) is -0.964. The molecule has 0 aliphatic heterocycles. The summed E-state index contributed by atoms with van der Waals surface area (Å²) in [5.74, 6) is 0.880. The smallest absolute Gasteiger partial charge is 0.329 e. The van der Waals surface area contributed by atoms with Crippen LogP contribution in [0.2, 0.25) is 0 Å². The topological polar surface area (TPSA) is 127 Å². The molecule has 3 N–H and O–H groups in total. The van der Waals surface area contributed by atoms with E-state index in [9.17, 15) is 14.7 Å². The maximum absolute atomic E-state index is 12.6. The van der Waals surface area contributed by atoms with Crippen molar-refractivity contribution >= 4 is 22.8 Å². The number of benzene rings is 2. The normalized spacial score (nSPS) is 12.6. The second-order valence-electron chi connectivity index (χ2n) is 7.94. The number of anilines is 1. The average Bonchev–Trinajstić information content (AvgIpc) is 3.19.